The minimum absolute atomic E-state index is 0.0347. The van der Waals surface area contributed by atoms with Crippen LogP contribution in [-0.4, -0.2) is 53.5 Å². The largest absolute Gasteiger partial charge is 0.363 e. The van der Waals surface area contributed by atoms with E-state index in [1.807, 2.05) is 0 Å². The molecule has 1 spiro atoms. The average Bonchev–Trinajstić information content (AvgIpc) is 2.71. The maximum atomic E-state index is 13.6. The van der Waals surface area contributed by atoms with Crippen LogP contribution in [0.15, 0.2) is 48.8 Å². The molecule has 2 aromatic rings. The number of amides is 2. The first-order valence-electron chi connectivity index (χ1n) is 8.96. The van der Waals surface area contributed by atoms with Gasteiger partial charge in [0.1, 0.15) is 12.4 Å². The quantitative estimate of drug-likeness (QED) is 0.815. The number of likely N-dealkylation sites (tertiary alicyclic amines) is 1. The molecule has 7 heteroatoms. The Labute approximate surface area is 156 Å². The second-order valence-corrected chi connectivity index (χ2v) is 6.97. The van der Waals surface area contributed by atoms with Gasteiger partial charge in [-0.25, -0.2) is 4.39 Å². The highest BCUT2D eigenvalue weighted by Gasteiger charge is 2.43. The molecule has 1 aromatic heterocycles. The van der Waals surface area contributed by atoms with Crippen LogP contribution in [0.1, 0.15) is 23.2 Å². The second kappa shape index (κ2) is 7.08. The Bertz CT molecular complexity index is 851. The molecular weight excluding hydrogens is 349 g/mol. The number of benzene rings is 1. The first kappa shape index (κ1) is 17.6. The van der Waals surface area contributed by atoms with Gasteiger partial charge in [0.15, 0.2) is 0 Å². The summed E-state index contributed by atoms with van der Waals surface area (Å²) >= 11 is 0. The first-order valence-corrected chi connectivity index (χ1v) is 8.96. The normalized spacial score (nSPS) is 19.4. The third kappa shape index (κ3) is 3.55. The fourth-order valence-corrected chi connectivity index (χ4v) is 3.69. The maximum Gasteiger partial charge on any atom is 0.255 e. The number of carbonyl (C=O) groups is 2. The minimum atomic E-state index is -0.508. The molecule has 0 radical (unpaired) electrons. The van der Waals surface area contributed by atoms with Crippen LogP contribution in [0.3, 0.4) is 0 Å². The fourth-order valence-electron chi connectivity index (χ4n) is 3.69. The number of anilines is 1. The Kier molecular flexibility index (Phi) is 4.61. The summed E-state index contributed by atoms with van der Waals surface area (Å²) < 4.78 is 19.5. The molecule has 1 aromatic carbocycles. The molecule has 2 aliphatic heterocycles. The minimum Gasteiger partial charge on any atom is -0.363 e. The molecule has 0 aliphatic carbocycles. The Hall–Kier alpha value is -2.80. The number of pyridine rings is 1. The molecular formula is C20H20FN3O3. The van der Waals surface area contributed by atoms with Crippen molar-refractivity contribution in [2.24, 2.45) is 0 Å². The van der Waals surface area contributed by atoms with E-state index in [0.717, 1.165) is 0 Å². The molecule has 2 amide bonds. The zero-order valence-electron chi connectivity index (χ0n) is 14.8. The number of aromatic nitrogens is 1. The third-order valence-electron chi connectivity index (χ3n) is 5.24. The summed E-state index contributed by atoms with van der Waals surface area (Å²) in [5.74, 6) is -0.607. The molecule has 0 bridgehead atoms. The van der Waals surface area contributed by atoms with E-state index >= 15 is 0 Å². The standard InChI is InChI=1S/C20H20FN3O3/c21-16-4-1-5-17(11-16)24-14-20(27-13-18(24)25)6-9-23(10-7-20)19(26)15-3-2-8-22-12-15/h1-5,8,11-12H,6-7,9-10,13-14H2. The van der Waals surface area contributed by atoms with Gasteiger partial charge in [0.05, 0.1) is 17.7 Å². The summed E-state index contributed by atoms with van der Waals surface area (Å²) in [5.41, 5.74) is 0.595. The number of hydrogen-bond donors (Lipinski definition) is 0. The van der Waals surface area contributed by atoms with Crippen molar-refractivity contribution >= 4 is 17.5 Å². The summed E-state index contributed by atoms with van der Waals surface area (Å²) in [6, 6.07) is 9.52. The van der Waals surface area contributed by atoms with Gasteiger partial charge in [-0.15, -0.1) is 0 Å². The van der Waals surface area contributed by atoms with Gasteiger partial charge in [-0.1, -0.05) is 6.07 Å². The van der Waals surface area contributed by atoms with Gasteiger partial charge in [0.25, 0.3) is 11.8 Å². The number of piperidine rings is 1. The molecule has 0 unspecified atom stereocenters. The van der Waals surface area contributed by atoms with Crippen molar-refractivity contribution in [1.82, 2.24) is 9.88 Å². The van der Waals surface area contributed by atoms with E-state index in [1.54, 1.807) is 46.5 Å². The van der Waals surface area contributed by atoms with Gasteiger partial charge < -0.3 is 14.5 Å². The van der Waals surface area contributed by atoms with Gasteiger partial charge >= 0.3 is 0 Å². The van der Waals surface area contributed by atoms with Crippen LogP contribution < -0.4 is 4.90 Å². The third-order valence-corrected chi connectivity index (χ3v) is 5.24. The van der Waals surface area contributed by atoms with Crippen LogP contribution in [0, 0.1) is 5.82 Å². The monoisotopic (exact) mass is 369 g/mol. The number of halogens is 1. The summed E-state index contributed by atoms with van der Waals surface area (Å²) in [6.07, 6.45) is 4.44. The van der Waals surface area contributed by atoms with Crippen molar-refractivity contribution < 1.29 is 18.7 Å². The Morgan fingerprint density at radius 2 is 2.00 bits per heavy atom. The number of nitrogens with zero attached hydrogens (tertiary/aromatic N) is 3. The van der Waals surface area contributed by atoms with Crippen LogP contribution in [-0.2, 0) is 9.53 Å². The van der Waals surface area contributed by atoms with Gasteiger partial charge in [-0.05, 0) is 43.2 Å². The smallest absolute Gasteiger partial charge is 0.255 e. The van der Waals surface area contributed by atoms with Crippen molar-refractivity contribution in [2.45, 2.75) is 18.4 Å². The van der Waals surface area contributed by atoms with E-state index in [1.165, 1.54) is 12.1 Å². The highest BCUT2D eigenvalue weighted by molar-refractivity contribution is 5.95. The van der Waals surface area contributed by atoms with Crippen molar-refractivity contribution in [2.75, 3.05) is 31.1 Å². The SMILES string of the molecule is O=C(c1cccnc1)N1CCC2(CC1)CN(c1cccc(F)c1)C(=O)CO2. The number of morpholine rings is 1. The zero-order valence-corrected chi connectivity index (χ0v) is 14.8. The summed E-state index contributed by atoms with van der Waals surface area (Å²) in [5, 5.41) is 0. The summed E-state index contributed by atoms with van der Waals surface area (Å²) in [4.78, 5) is 32.3. The first-order chi connectivity index (χ1) is 13.1. The number of carbonyl (C=O) groups excluding carboxylic acids is 2. The van der Waals surface area contributed by atoms with E-state index in [-0.39, 0.29) is 24.2 Å². The highest BCUT2D eigenvalue weighted by Crippen LogP contribution is 2.33. The van der Waals surface area contributed by atoms with Crippen LogP contribution >= 0.6 is 0 Å². The Morgan fingerprint density at radius 3 is 2.70 bits per heavy atom. The molecule has 6 nitrogen and oxygen atoms in total. The van der Waals surface area contributed by atoms with Crippen LogP contribution in [0.25, 0.3) is 0 Å². The van der Waals surface area contributed by atoms with E-state index in [2.05, 4.69) is 4.98 Å². The molecule has 140 valence electrons. The molecule has 0 saturated carbocycles. The molecule has 2 aliphatic rings. The van der Waals surface area contributed by atoms with Crippen molar-refractivity contribution in [1.29, 1.82) is 0 Å². The topological polar surface area (TPSA) is 62.7 Å². The van der Waals surface area contributed by atoms with E-state index in [0.29, 0.717) is 43.7 Å². The van der Waals surface area contributed by atoms with Crippen molar-refractivity contribution in [3.05, 3.63) is 60.2 Å². The van der Waals surface area contributed by atoms with Crippen molar-refractivity contribution in [3.8, 4) is 0 Å². The van der Waals surface area contributed by atoms with E-state index < -0.39 is 5.60 Å². The highest BCUT2D eigenvalue weighted by atomic mass is 19.1. The molecule has 3 heterocycles. The molecule has 2 fully saturated rings. The summed E-state index contributed by atoms with van der Waals surface area (Å²) in [6.45, 7) is 1.41. The van der Waals surface area contributed by atoms with Crippen LogP contribution in [0.2, 0.25) is 0 Å². The Morgan fingerprint density at radius 1 is 1.19 bits per heavy atom. The zero-order chi connectivity index (χ0) is 18.9. The summed E-state index contributed by atoms with van der Waals surface area (Å²) in [7, 11) is 0. The van der Waals surface area contributed by atoms with E-state index in [4.69, 9.17) is 4.74 Å². The lowest BCUT2D eigenvalue weighted by Crippen LogP contribution is -2.59. The molecule has 2 saturated heterocycles. The van der Waals surface area contributed by atoms with Gasteiger partial charge in [-0.2, -0.15) is 0 Å². The van der Waals surface area contributed by atoms with Gasteiger partial charge in [-0.3, -0.25) is 14.6 Å². The van der Waals surface area contributed by atoms with Crippen LogP contribution in [0.5, 0.6) is 0 Å². The van der Waals surface area contributed by atoms with Gasteiger partial charge in [0.2, 0.25) is 0 Å². The lowest BCUT2D eigenvalue weighted by molar-refractivity contribution is -0.143. The van der Waals surface area contributed by atoms with Gasteiger partial charge in [0, 0.05) is 31.2 Å². The van der Waals surface area contributed by atoms with Crippen molar-refractivity contribution in [3.63, 3.8) is 0 Å². The van der Waals surface area contributed by atoms with E-state index in [9.17, 15) is 14.0 Å². The fraction of sp³-hybridized carbons (Fsp3) is 0.350. The molecule has 27 heavy (non-hydrogen) atoms. The maximum absolute atomic E-state index is 13.6. The molecule has 4 rings (SSSR count). The average molecular weight is 369 g/mol. The predicted molar refractivity (Wildman–Crippen MR) is 96.8 cm³/mol. The molecule has 0 atom stereocenters. The lowest BCUT2D eigenvalue weighted by atomic mass is 9.88. The van der Waals surface area contributed by atoms with Crippen LogP contribution in [0.4, 0.5) is 10.1 Å². The second-order valence-electron chi connectivity index (χ2n) is 6.97. The molecule has 0 N–H and O–H groups in total. The predicted octanol–water partition coefficient (Wildman–Crippen LogP) is 2.26. The number of ether oxygens (including phenoxy) is 1. The number of hydrogen-bond acceptors (Lipinski definition) is 4. The number of rotatable bonds is 2. The lowest BCUT2D eigenvalue weighted by Gasteiger charge is -2.47. The Balaban J connectivity index is 1.46.